The predicted octanol–water partition coefficient (Wildman–Crippen LogP) is 7.45. The number of fused-ring (bicyclic) bond motifs is 2. The first-order chi connectivity index (χ1) is 22.3. The Balaban J connectivity index is 1.20. The van der Waals surface area contributed by atoms with E-state index in [-0.39, 0.29) is 5.92 Å². The molecule has 2 aliphatic heterocycles. The molecular weight excluding hydrogens is 595 g/mol. The van der Waals surface area contributed by atoms with Crippen LogP contribution in [0.5, 0.6) is 0 Å². The lowest BCUT2D eigenvalue weighted by Gasteiger charge is -2.25. The normalized spacial score (nSPS) is 17.0. The summed E-state index contributed by atoms with van der Waals surface area (Å²) in [4.78, 5) is 27.4. The molecule has 1 saturated heterocycles. The standard InChI is InChI=1S/C37H37N5O3S/c1-4-13-41-15-12-31-33(21-41)46-36(40-31)30-10-6-8-28(23(30)3)27-7-5-9-29(22(27)2)35-39-32-17-24(16-26(18-38)34(32)45-35)19-42-14-11-25(20-42)37(43)44/h5-10,16-17,25H,4,11-15,19-21H2,1-3H3,(H,43,44)/t25-/m0/s1. The van der Waals surface area contributed by atoms with Crippen LogP contribution in [-0.2, 0) is 24.3 Å². The van der Waals surface area contributed by atoms with E-state index in [2.05, 4.69) is 60.9 Å². The highest BCUT2D eigenvalue weighted by atomic mass is 32.1. The van der Waals surface area contributed by atoms with Gasteiger partial charge in [0.1, 0.15) is 16.6 Å². The molecule has 1 N–H and O–H groups in total. The number of hydrogen-bond acceptors (Lipinski definition) is 8. The Hall–Kier alpha value is -4.36. The largest absolute Gasteiger partial charge is 0.481 e. The minimum absolute atomic E-state index is 0.346. The molecule has 3 aromatic carbocycles. The summed E-state index contributed by atoms with van der Waals surface area (Å²) >= 11 is 1.83. The summed E-state index contributed by atoms with van der Waals surface area (Å²) in [6.07, 6.45) is 2.81. The second kappa shape index (κ2) is 12.4. The number of nitrogens with zero attached hydrogens (tertiary/aromatic N) is 5. The number of carboxylic acids is 1. The van der Waals surface area contributed by atoms with E-state index in [0.29, 0.717) is 42.1 Å². The Bertz CT molecular complexity index is 2000. The van der Waals surface area contributed by atoms with Crippen LogP contribution in [0.4, 0.5) is 0 Å². The number of nitriles is 1. The van der Waals surface area contributed by atoms with E-state index in [1.165, 1.54) is 28.1 Å². The highest BCUT2D eigenvalue weighted by Gasteiger charge is 2.28. The molecule has 46 heavy (non-hydrogen) atoms. The third kappa shape index (κ3) is 5.62. The third-order valence-electron chi connectivity index (χ3n) is 9.47. The fourth-order valence-corrected chi connectivity index (χ4v) is 8.24. The molecule has 0 amide bonds. The van der Waals surface area contributed by atoms with Gasteiger partial charge in [0.2, 0.25) is 5.89 Å². The summed E-state index contributed by atoms with van der Waals surface area (Å²) < 4.78 is 6.28. The molecular formula is C37H37N5O3S. The van der Waals surface area contributed by atoms with Gasteiger partial charge in [0.25, 0.3) is 0 Å². The molecule has 2 aliphatic rings. The van der Waals surface area contributed by atoms with Crippen molar-refractivity contribution in [2.45, 2.75) is 53.1 Å². The maximum atomic E-state index is 11.4. The molecule has 0 spiro atoms. The lowest BCUT2D eigenvalue weighted by Crippen LogP contribution is -2.30. The predicted molar refractivity (Wildman–Crippen MR) is 180 cm³/mol. The second-order valence-electron chi connectivity index (χ2n) is 12.6. The minimum Gasteiger partial charge on any atom is -0.481 e. The Morgan fingerprint density at radius 3 is 2.50 bits per heavy atom. The lowest BCUT2D eigenvalue weighted by molar-refractivity contribution is -0.141. The van der Waals surface area contributed by atoms with Crippen LogP contribution < -0.4 is 0 Å². The monoisotopic (exact) mass is 631 g/mol. The van der Waals surface area contributed by atoms with Gasteiger partial charge in [-0.05, 0) is 85.8 Å². The Labute approximate surface area is 272 Å². The molecule has 0 radical (unpaired) electrons. The molecule has 0 unspecified atom stereocenters. The number of aromatic nitrogens is 2. The molecule has 7 rings (SSSR count). The summed E-state index contributed by atoms with van der Waals surface area (Å²) in [5, 5.41) is 20.4. The number of rotatable bonds is 8. The molecule has 8 nitrogen and oxygen atoms in total. The van der Waals surface area contributed by atoms with Crippen molar-refractivity contribution in [1.82, 2.24) is 19.8 Å². The Kier molecular flexibility index (Phi) is 8.20. The first-order valence-electron chi connectivity index (χ1n) is 16.0. The van der Waals surface area contributed by atoms with Gasteiger partial charge < -0.3 is 9.52 Å². The number of hydrogen-bond donors (Lipinski definition) is 1. The van der Waals surface area contributed by atoms with Gasteiger partial charge in [0.05, 0.1) is 17.2 Å². The molecule has 0 saturated carbocycles. The van der Waals surface area contributed by atoms with Crippen molar-refractivity contribution in [2.75, 3.05) is 26.2 Å². The van der Waals surface area contributed by atoms with Crippen LogP contribution in [0.2, 0.25) is 0 Å². The zero-order valence-electron chi connectivity index (χ0n) is 26.5. The van der Waals surface area contributed by atoms with Crippen LogP contribution in [0.3, 0.4) is 0 Å². The van der Waals surface area contributed by atoms with Crippen molar-refractivity contribution in [2.24, 2.45) is 5.92 Å². The van der Waals surface area contributed by atoms with E-state index >= 15 is 0 Å². The minimum atomic E-state index is -0.753. The zero-order chi connectivity index (χ0) is 31.9. The molecule has 0 bridgehead atoms. The molecule has 1 fully saturated rings. The van der Waals surface area contributed by atoms with E-state index in [4.69, 9.17) is 14.4 Å². The fourth-order valence-electron chi connectivity index (χ4n) is 7.01. The highest BCUT2D eigenvalue weighted by Crippen LogP contribution is 2.40. The van der Waals surface area contributed by atoms with Crippen molar-refractivity contribution < 1.29 is 14.3 Å². The third-order valence-corrected chi connectivity index (χ3v) is 10.6. The van der Waals surface area contributed by atoms with Crippen molar-refractivity contribution in [1.29, 1.82) is 5.26 Å². The van der Waals surface area contributed by atoms with Gasteiger partial charge in [-0.2, -0.15) is 5.26 Å². The highest BCUT2D eigenvalue weighted by molar-refractivity contribution is 7.15. The number of aliphatic carboxylic acids is 1. The SMILES string of the molecule is CCCN1CCc2nc(-c3cccc(-c4cccc(-c5nc6cc(CN7CC[C@H](C(=O)O)C7)cc(C#N)c6o5)c4C)c3C)sc2C1. The van der Waals surface area contributed by atoms with Crippen LogP contribution in [0.15, 0.2) is 52.9 Å². The van der Waals surface area contributed by atoms with E-state index in [1.54, 1.807) is 0 Å². The zero-order valence-corrected chi connectivity index (χ0v) is 27.3. The van der Waals surface area contributed by atoms with Crippen LogP contribution in [-0.4, -0.2) is 57.0 Å². The smallest absolute Gasteiger partial charge is 0.307 e. The molecule has 4 heterocycles. The lowest BCUT2D eigenvalue weighted by atomic mass is 9.91. The van der Waals surface area contributed by atoms with Gasteiger partial charge in [-0.1, -0.05) is 37.3 Å². The fraction of sp³-hybridized carbons (Fsp3) is 0.351. The average molecular weight is 632 g/mol. The summed E-state index contributed by atoms with van der Waals surface area (Å²) in [7, 11) is 0. The second-order valence-corrected chi connectivity index (χ2v) is 13.6. The number of carbonyl (C=O) groups is 1. The van der Waals surface area contributed by atoms with Crippen molar-refractivity contribution in [3.05, 3.63) is 81.4 Å². The molecule has 9 heteroatoms. The first kappa shape index (κ1) is 30.3. The quantitative estimate of drug-likeness (QED) is 0.188. The molecule has 234 valence electrons. The van der Waals surface area contributed by atoms with E-state index in [1.807, 2.05) is 35.6 Å². The Morgan fingerprint density at radius 1 is 1.04 bits per heavy atom. The van der Waals surface area contributed by atoms with Crippen molar-refractivity contribution in [3.8, 4) is 39.2 Å². The molecule has 5 aromatic rings. The Morgan fingerprint density at radius 2 is 1.78 bits per heavy atom. The van der Waals surface area contributed by atoms with Crippen LogP contribution in [0, 0.1) is 31.1 Å². The molecule has 2 aromatic heterocycles. The van der Waals surface area contributed by atoms with Gasteiger partial charge >= 0.3 is 5.97 Å². The van der Waals surface area contributed by atoms with E-state index in [0.717, 1.165) is 65.4 Å². The number of benzene rings is 3. The summed E-state index contributed by atoms with van der Waals surface area (Å²) in [5.74, 6) is -0.619. The van der Waals surface area contributed by atoms with Crippen molar-refractivity contribution >= 4 is 28.4 Å². The summed E-state index contributed by atoms with van der Waals surface area (Å²) in [6.45, 7) is 11.5. The molecule has 0 aliphatic carbocycles. The van der Waals surface area contributed by atoms with Crippen LogP contribution in [0.25, 0.3) is 44.3 Å². The van der Waals surface area contributed by atoms with E-state index < -0.39 is 5.97 Å². The van der Waals surface area contributed by atoms with Crippen molar-refractivity contribution in [3.63, 3.8) is 0 Å². The number of oxazole rings is 1. The summed E-state index contributed by atoms with van der Waals surface area (Å²) in [6, 6.07) is 18.7. The maximum Gasteiger partial charge on any atom is 0.307 e. The van der Waals surface area contributed by atoms with Crippen LogP contribution in [0.1, 0.15) is 52.6 Å². The van der Waals surface area contributed by atoms with Crippen LogP contribution >= 0.6 is 11.3 Å². The van der Waals surface area contributed by atoms with Gasteiger partial charge in [0, 0.05) is 48.6 Å². The average Bonchev–Trinajstić information content (AvgIpc) is 3.80. The number of thiazole rings is 1. The first-order valence-corrected chi connectivity index (χ1v) is 16.8. The van der Waals surface area contributed by atoms with Gasteiger partial charge in [0.15, 0.2) is 5.58 Å². The molecule has 1 atom stereocenters. The number of carboxylic acid groups (broad SMARTS) is 1. The summed E-state index contributed by atoms with van der Waals surface area (Å²) in [5.41, 5.74) is 10.3. The maximum absolute atomic E-state index is 11.4. The van der Waals surface area contributed by atoms with Gasteiger partial charge in [-0.25, -0.2) is 9.97 Å². The number of likely N-dealkylation sites (tertiary alicyclic amines) is 1. The van der Waals surface area contributed by atoms with Gasteiger partial charge in [-0.15, -0.1) is 11.3 Å². The van der Waals surface area contributed by atoms with Gasteiger partial charge in [-0.3, -0.25) is 14.6 Å². The topological polar surface area (TPSA) is 106 Å². The van der Waals surface area contributed by atoms with E-state index in [9.17, 15) is 15.2 Å².